The molecule has 2 rings (SSSR count). The predicted octanol–water partition coefficient (Wildman–Crippen LogP) is 3.51. The van der Waals surface area contributed by atoms with Crippen molar-refractivity contribution in [2.75, 3.05) is 13.1 Å². The van der Waals surface area contributed by atoms with Gasteiger partial charge in [0.25, 0.3) is 0 Å². The fourth-order valence-electron chi connectivity index (χ4n) is 2.46. The van der Waals surface area contributed by atoms with Gasteiger partial charge >= 0.3 is 5.97 Å². The topological polar surface area (TPSA) is 40.5 Å². The minimum absolute atomic E-state index is 0.512. The van der Waals surface area contributed by atoms with Crippen molar-refractivity contribution >= 4 is 17.6 Å². The van der Waals surface area contributed by atoms with Gasteiger partial charge in [0.05, 0.1) is 5.92 Å². The number of benzene rings is 1. The number of hydrogen-bond donors (Lipinski definition) is 1. The van der Waals surface area contributed by atoms with Crippen LogP contribution >= 0.6 is 11.6 Å². The molecule has 0 saturated carbocycles. The van der Waals surface area contributed by atoms with Gasteiger partial charge in [0.1, 0.15) is 0 Å². The maximum atomic E-state index is 11.0. The number of carboxylic acids is 1. The van der Waals surface area contributed by atoms with Gasteiger partial charge in [0.2, 0.25) is 0 Å². The van der Waals surface area contributed by atoms with Crippen LogP contribution in [0.1, 0.15) is 43.2 Å². The molecule has 19 heavy (non-hydrogen) atoms. The van der Waals surface area contributed by atoms with E-state index in [0.29, 0.717) is 5.02 Å². The minimum Gasteiger partial charge on any atom is -0.481 e. The van der Waals surface area contributed by atoms with E-state index in [4.69, 9.17) is 16.7 Å². The van der Waals surface area contributed by atoms with Gasteiger partial charge in [-0.25, -0.2) is 0 Å². The molecule has 0 bridgehead atoms. The number of hydrogen-bond acceptors (Lipinski definition) is 2. The fraction of sp³-hybridized carbons (Fsp3) is 0.533. The number of rotatable bonds is 4. The molecule has 104 valence electrons. The average molecular weight is 282 g/mol. The third kappa shape index (κ3) is 3.71. The molecule has 0 radical (unpaired) electrons. The monoisotopic (exact) mass is 281 g/mol. The average Bonchev–Trinajstić information content (AvgIpc) is 2.41. The van der Waals surface area contributed by atoms with Crippen molar-refractivity contribution in [3.63, 3.8) is 0 Å². The molecule has 1 aliphatic rings. The molecule has 0 amide bonds. The van der Waals surface area contributed by atoms with Crippen LogP contribution in [0.2, 0.25) is 5.02 Å². The number of aliphatic carboxylic acids is 1. The summed E-state index contributed by atoms with van der Waals surface area (Å²) in [5, 5.41) is 9.68. The van der Waals surface area contributed by atoms with Crippen molar-refractivity contribution < 1.29 is 9.90 Å². The minimum atomic E-state index is -0.820. The van der Waals surface area contributed by atoms with Gasteiger partial charge in [0.15, 0.2) is 0 Å². The van der Waals surface area contributed by atoms with Crippen molar-refractivity contribution in [1.29, 1.82) is 0 Å². The molecule has 1 aromatic carbocycles. The van der Waals surface area contributed by atoms with Crippen LogP contribution in [-0.4, -0.2) is 29.1 Å². The first-order valence-corrected chi connectivity index (χ1v) is 7.19. The summed E-state index contributed by atoms with van der Waals surface area (Å²) in [6.45, 7) is 4.80. The Bertz CT molecular complexity index is 455. The van der Waals surface area contributed by atoms with Gasteiger partial charge in [-0.2, -0.15) is 0 Å². The summed E-state index contributed by atoms with van der Waals surface area (Å²) in [4.78, 5) is 13.4. The summed E-state index contributed by atoms with van der Waals surface area (Å²) >= 11 is 6.28. The quantitative estimate of drug-likeness (QED) is 0.918. The highest BCUT2D eigenvalue weighted by atomic mass is 35.5. The molecule has 1 saturated heterocycles. The van der Waals surface area contributed by atoms with Crippen molar-refractivity contribution in [2.24, 2.45) is 0 Å². The van der Waals surface area contributed by atoms with Crippen molar-refractivity contribution in [3.05, 3.63) is 34.3 Å². The van der Waals surface area contributed by atoms with E-state index in [1.54, 1.807) is 13.0 Å². The highest BCUT2D eigenvalue weighted by Gasteiger charge is 2.16. The third-order valence-electron chi connectivity index (χ3n) is 3.79. The van der Waals surface area contributed by atoms with E-state index >= 15 is 0 Å². The van der Waals surface area contributed by atoms with Crippen molar-refractivity contribution in [3.8, 4) is 0 Å². The molecule has 0 aliphatic carbocycles. The highest BCUT2D eigenvalue weighted by Crippen LogP contribution is 2.25. The Morgan fingerprint density at radius 1 is 1.37 bits per heavy atom. The molecule has 1 heterocycles. The van der Waals surface area contributed by atoms with E-state index in [1.165, 1.54) is 19.3 Å². The van der Waals surface area contributed by atoms with E-state index in [-0.39, 0.29) is 0 Å². The van der Waals surface area contributed by atoms with Crippen LogP contribution in [0, 0.1) is 0 Å². The summed E-state index contributed by atoms with van der Waals surface area (Å²) < 4.78 is 0. The summed E-state index contributed by atoms with van der Waals surface area (Å²) in [5.74, 6) is -1.33. The van der Waals surface area contributed by atoms with Crippen LogP contribution in [-0.2, 0) is 11.3 Å². The lowest BCUT2D eigenvalue weighted by atomic mass is 9.99. The summed E-state index contributed by atoms with van der Waals surface area (Å²) in [5.41, 5.74) is 1.85. The maximum absolute atomic E-state index is 11.0. The molecule has 1 atom stereocenters. The molecule has 3 nitrogen and oxygen atoms in total. The normalized spacial score (nSPS) is 18.2. The number of piperidine rings is 1. The molecule has 0 spiro atoms. The van der Waals surface area contributed by atoms with Gasteiger partial charge < -0.3 is 5.11 Å². The second kappa shape index (κ2) is 6.40. The van der Waals surface area contributed by atoms with Crippen LogP contribution in [0.4, 0.5) is 0 Å². The molecular formula is C15H20ClNO2. The maximum Gasteiger partial charge on any atom is 0.310 e. The van der Waals surface area contributed by atoms with E-state index in [9.17, 15) is 4.79 Å². The largest absolute Gasteiger partial charge is 0.481 e. The second-order valence-electron chi connectivity index (χ2n) is 5.25. The number of carbonyl (C=O) groups is 1. The van der Waals surface area contributed by atoms with Crippen LogP contribution < -0.4 is 0 Å². The number of carboxylic acid groups (broad SMARTS) is 1. The van der Waals surface area contributed by atoms with Crippen LogP contribution in [0.3, 0.4) is 0 Å². The molecule has 4 heteroatoms. The standard InChI is InChI=1S/C15H20ClNO2/c1-11(15(18)19)12-5-6-13(14(16)9-12)10-17-7-3-2-4-8-17/h5-6,9,11H,2-4,7-8,10H2,1H3,(H,18,19). The summed E-state index contributed by atoms with van der Waals surface area (Å²) in [6.07, 6.45) is 3.83. The van der Waals surface area contributed by atoms with E-state index in [1.807, 2.05) is 12.1 Å². The Kier molecular flexibility index (Phi) is 4.83. The fourth-order valence-corrected chi connectivity index (χ4v) is 2.71. The highest BCUT2D eigenvalue weighted by molar-refractivity contribution is 6.31. The van der Waals surface area contributed by atoms with Gasteiger partial charge in [-0.05, 0) is 50.0 Å². The zero-order valence-electron chi connectivity index (χ0n) is 11.2. The van der Waals surface area contributed by atoms with Crippen LogP contribution in [0.15, 0.2) is 18.2 Å². The Morgan fingerprint density at radius 3 is 2.63 bits per heavy atom. The Hall–Kier alpha value is -1.06. The number of likely N-dealkylation sites (tertiary alicyclic amines) is 1. The van der Waals surface area contributed by atoms with Crippen molar-refractivity contribution in [1.82, 2.24) is 4.90 Å². The van der Waals surface area contributed by atoms with E-state index in [0.717, 1.165) is 30.8 Å². The summed E-state index contributed by atoms with van der Waals surface area (Å²) in [6, 6.07) is 5.63. The first-order valence-electron chi connectivity index (χ1n) is 6.81. The molecular weight excluding hydrogens is 262 g/mol. The second-order valence-corrected chi connectivity index (χ2v) is 5.65. The zero-order chi connectivity index (χ0) is 13.8. The van der Waals surface area contributed by atoms with Gasteiger partial charge in [-0.1, -0.05) is 30.2 Å². The lowest BCUT2D eigenvalue weighted by Gasteiger charge is -2.26. The van der Waals surface area contributed by atoms with Crippen molar-refractivity contribution in [2.45, 2.75) is 38.6 Å². The van der Waals surface area contributed by atoms with Gasteiger partial charge in [-0.3, -0.25) is 9.69 Å². The van der Waals surface area contributed by atoms with E-state index in [2.05, 4.69) is 4.90 Å². The summed E-state index contributed by atoms with van der Waals surface area (Å²) in [7, 11) is 0. The van der Waals surface area contributed by atoms with Crippen LogP contribution in [0.25, 0.3) is 0 Å². The molecule has 1 unspecified atom stereocenters. The lowest BCUT2D eigenvalue weighted by molar-refractivity contribution is -0.138. The predicted molar refractivity (Wildman–Crippen MR) is 76.6 cm³/mol. The Morgan fingerprint density at radius 2 is 2.05 bits per heavy atom. The van der Waals surface area contributed by atoms with E-state index < -0.39 is 11.9 Å². The smallest absolute Gasteiger partial charge is 0.310 e. The molecule has 1 N–H and O–H groups in total. The Balaban J connectivity index is 2.08. The first-order chi connectivity index (χ1) is 9.08. The number of nitrogens with zero attached hydrogens (tertiary/aromatic N) is 1. The zero-order valence-corrected chi connectivity index (χ0v) is 12.0. The molecule has 1 fully saturated rings. The molecule has 1 aliphatic heterocycles. The van der Waals surface area contributed by atoms with Crippen LogP contribution in [0.5, 0.6) is 0 Å². The van der Waals surface area contributed by atoms with Gasteiger partial charge in [-0.15, -0.1) is 0 Å². The SMILES string of the molecule is CC(C(=O)O)c1ccc(CN2CCCCC2)c(Cl)c1. The Labute approximate surface area is 119 Å². The third-order valence-corrected chi connectivity index (χ3v) is 4.14. The van der Waals surface area contributed by atoms with Gasteiger partial charge in [0, 0.05) is 11.6 Å². The first kappa shape index (κ1) is 14.4. The lowest BCUT2D eigenvalue weighted by Crippen LogP contribution is -2.29. The molecule has 0 aromatic heterocycles. The molecule has 1 aromatic rings. The number of halogens is 1.